The lowest BCUT2D eigenvalue weighted by Crippen LogP contribution is -2.69. The van der Waals surface area contributed by atoms with E-state index in [4.69, 9.17) is 4.74 Å². The number of aliphatic hydroxyl groups is 1. The molecule has 41 heavy (non-hydrogen) atoms. The van der Waals surface area contributed by atoms with Gasteiger partial charge in [0.05, 0.1) is 11.4 Å². The Kier molecular flexibility index (Phi) is 8.21. The molecule has 206 valence electrons. The molecule has 2 atom stereocenters. The van der Waals surface area contributed by atoms with Gasteiger partial charge in [-0.2, -0.15) is 5.10 Å². The summed E-state index contributed by atoms with van der Waals surface area (Å²) in [5, 5.41) is 24.0. The average Bonchev–Trinajstić information content (AvgIpc) is 3.03. The molecule has 0 saturated carbocycles. The second-order valence-corrected chi connectivity index (χ2v) is 9.35. The van der Waals surface area contributed by atoms with Crippen LogP contribution in [0, 0.1) is 0 Å². The number of likely N-dealkylation sites (N-methyl/N-ethyl adjacent to an activating group) is 1. The van der Waals surface area contributed by atoms with Crippen molar-refractivity contribution in [3.8, 4) is 0 Å². The van der Waals surface area contributed by atoms with Crippen LogP contribution in [0.2, 0.25) is 0 Å². The van der Waals surface area contributed by atoms with Crippen molar-refractivity contribution in [3.05, 3.63) is 132 Å². The highest BCUT2D eigenvalue weighted by molar-refractivity contribution is 6.25. The van der Waals surface area contributed by atoms with E-state index in [2.05, 4.69) is 25.5 Å². The SMILES string of the molecule is CN(C(=O)OCc1ccccc1)C1C(c2ccccn2)=NN=C(c2ccccn2)C1(O)C(=O)NCc1ccccc1. The molecule has 4 aromatic rings. The molecule has 0 aliphatic carbocycles. The lowest BCUT2D eigenvalue weighted by Gasteiger charge is -2.41. The number of pyridine rings is 2. The molecule has 2 amide bonds. The topological polar surface area (TPSA) is 129 Å². The Balaban J connectivity index is 1.56. The number of rotatable bonds is 8. The molecule has 2 aromatic carbocycles. The van der Waals surface area contributed by atoms with Gasteiger partial charge in [0.15, 0.2) is 0 Å². The van der Waals surface area contributed by atoms with Crippen LogP contribution in [0.1, 0.15) is 22.5 Å². The van der Waals surface area contributed by atoms with Crippen molar-refractivity contribution in [1.29, 1.82) is 0 Å². The van der Waals surface area contributed by atoms with Crippen molar-refractivity contribution in [1.82, 2.24) is 20.2 Å². The van der Waals surface area contributed by atoms with E-state index in [0.29, 0.717) is 5.69 Å². The summed E-state index contributed by atoms with van der Waals surface area (Å²) in [4.78, 5) is 37.3. The number of nitrogens with zero attached hydrogens (tertiary/aromatic N) is 5. The number of amides is 2. The average molecular weight is 549 g/mol. The van der Waals surface area contributed by atoms with Crippen molar-refractivity contribution in [2.24, 2.45) is 10.2 Å². The van der Waals surface area contributed by atoms with Gasteiger partial charge in [-0.3, -0.25) is 19.7 Å². The zero-order valence-electron chi connectivity index (χ0n) is 22.3. The van der Waals surface area contributed by atoms with Gasteiger partial charge < -0.3 is 15.2 Å². The molecule has 0 radical (unpaired) electrons. The van der Waals surface area contributed by atoms with Crippen LogP contribution in [0.15, 0.2) is 120 Å². The number of carbonyl (C=O) groups is 2. The molecule has 2 aromatic heterocycles. The number of hydrogen-bond donors (Lipinski definition) is 2. The molecule has 2 N–H and O–H groups in total. The minimum Gasteiger partial charge on any atom is -0.445 e. The number of carbonyl (C=O) groups excluding carboxylic acids is 2. The summed E-state index contributed by atoms with van der Waals surface area (Å²) in [5.41, 5.74) is -0.260. The van der Waals surface area contributed by atoms with E-state index in [-0.39, 0.29) is 30.3 Å². The Morgan fingerprint density at radius 1 is 0.829 bits per heavy atom. The third-order valence-corrected chi connectivity index (χ3v) is 6.63. The first-order chi connectivity index (χ1) is 20.0. The van der Waals surface area contributed by atoms with Crippen LogP contribution in [0.4, 0.5) is 4.79 Å². The zero-order chi connectivity index (χ0) is 28.7. The van der Waals surface area contributed by atoms with Gasteiger partial charge in [0, 0.05) is 26.0 Å². The molecule has 0 spiro atoms. The third kappa shape index (κ3) is 5.87. The second kappa shape index (κ2) is 12.3. The second-order valence-electron chi connectivity index (χ2n) is 9.35. The van der Waals surface area contributed by atoms with E-state index >= 15 is 0 Å². The molecule has 0 saturated heterocycles. The van der Waals surface area contributed by atoms with Crippen LogP contribution in [0.5, 0.6) is 0 Å². The van der Waals surface area contributed by atoms with E-state index in [1.165, 1.54) is 13.2 Å². The van der Waals surface area contributed by atoms with Crippen molar-refractivity contribution in [2.45, 2.75) is 24.8 Å². The fraction of sp³-hybridized carbons (Fsp3) is 0.161. The van der Waals surface area contributed by atoms with E-state index in [0.717, 1.165) is 16.0 Å². The van der Waals surface area contributed by atoms with Gasteiger partial charge in [0.1, 0.15) is 24.1 Å². The van der Waals surface area contributed by atoms with Gasteiger partial charge >= 0.3 is 6.09 Å². The minimum absolute atomic E-state index is 0.00733. The van der Waals surface area contributed by atoms with Gasteiger partial charge in [-0.25, -0.2) is 4.79 Å². The monoisotopic (exact) mass is 548 g/mol. The van der Waals surface area contributed by atoms with Crippen molar-refractivity contribution in [3.63, 3.8) is 0 Å². The fourth-order valence-electron chi connectivity index (χ4n) is 4.55. The maximum atomic E-state index is 14.0. The Hall–Kier alpha value is -5.22. The van der Waals surface area contributed by atoms with E-state index in [1.54, 1.807) is 42.6 Å². The van der Waals surface area contributed by atoms with Crippen molar-refractivity contribution >= 4 is 23.4 Å². The molecule has 0 bridgehead atoms. The molecule has 1 aliphatic rings. The van der Waals surface area contributed by atoms with Crippen LogP contribution >= 0.6 is 0 Å². The quantitative estimate of drug-likeness (QED) is 0.347. The number of ether oxygens (including phenoxy) is 1. The maximum absolute atomic E-state index is 14.0. The Morgan fingerprint density at radius 3 is 2.02 bits per heavy atom. The Labute approximate surface area is 237 Å². The summed E-state index contributed by atoms with van der Waals surface area (Å²) in [6.07, 6.45) is 2.29. The predicted octanol–water partition coefficient (Wildman–Crippen LogP) is 3.37. The molecular formula is C31H28N6O4. The number of aromatic nitrogens is 2. The largest absolute Gasteiger partial charge is 0.445 e. The summed E-state index contributed by atoms with van der Waals surface area (Å²) in [6, 6.07) is 27.2. The van der Waals surface area contributed by atoms with E-state index in [9.17, 15) is 14.7 Å². The molecule has 2 unspecified atom stereocenters. The molecular weight excluding hydrogens is 520 g/mol. The van der Waals surface area contributed by atoms with E-state index < -0.39 is 23.6 Å². The maximum Gasteiger partial charge on any atom is 0.410 e. The van der Waals surface area contributed by atoms with Gasteiger partial charge in [-0.05, 0) is 35.4 Å². The lowest BCUT2D eigenvalue weighted by molar-refractivity contribution is -0.136. The molecule has 1 aliphatic heterocycles. The molecule has 3 heterocycles. The van der Waals surface area contributed by atoms with Crippen LogP contribution in [0.3, 0.4) is 0 Å². The number of hydrogen-bond acceptors (Lipinski definition) is 8. The third-order valence-electron chi connectivity index (χ3n) is 6.63. The van der Waals surface area contributed by atoms with Crippen LogP contribution < -0.4 is 5.32 Å². The Morgan fingerprint density at radius 2 is 1.41 bits per heavy atom. The Bertz CT molecular complexity index is 1550. The van der Waals surface area contributed by atoms with E-state index in [1.807, 2.05) is 60.7 Å². The van der Waals surface area contributed by atoms with Crippen molar-refractivity contribution < 1.29 is 19.4 Å². The highest BCUT2D eigenvalue weighted by Crippen LogP contribution is 2.30. The summed E-state index contributed by atoms with van der Waals surface area (Å²) in [5.74, 6) is -0.790. The molecule has 0 fully saturated rings. The highest BCUT2D eigenvalue weighted by atomic mass is 16.6. The lowest BCUT2D eigenvalue weighted by atomic mass is 9.80. The van der Waals surface area contributed by atoms with Gasteiger partial charge in [-0.1, -0.05) is 72.8 Å². The van der Waals surface area contributed by atoms with Crippen LogP contribution in [0.25, 0.3) is 0 Å². The zero-order valence-corrected chi connectivity index (χ0v) is 22.3. The first kappa shape index (κ1) is 27.4. The van der Waals surface area contributed by atoms with Gasteiger partial charge in [-0.15, -0.1) is 5.10 Å². The normalized spacial score (nSPS) is 18.0. The van der Waals surface area contributed by atoms with Crippen LogP contribution in [-0.2, 0) is 22.7 Å². The molecule has 5 rings (SSSR count). The first-order valence-corrected chi connectivity index (χ1v) is 13.0. The summed E-state index contributed by atoms with van der Waals surface area (Å²) in [6.45, 7) is 0.120. The first-order valence-electron chi connectivity index (χ1n) is 13.0. The highest BCUT2D eigenvalue weighted by Gasteiger charge is 2.57. The smallest absolute Gasteiger partial charge is 0.410 e. The number of benzene rings is 2. The van der Waals surface area contributed by atoms with Crippen molar-refractivity contribution in [2.75, 3.05) is 7.05 Å². The predicted molar refractivity (Wildman–Crippen MR) is 153 cm³/mol. The fourth-order valence-corrected chi connectivity index (χ4v) is 4.55. The standard InChI is InChI=1S/C31H28N6O4/c1-37(30(39)41-21-23-14-6-3-7-15-23)28-26(24-16-8-10-18-32-24)35-36-27(25-17-9-11-19-33-25)31(28,40)29(38)34-20-22-12-4-2-5-13-22/h2-19,28,40H,20-21H2,1H3,(H,34,38). The molecule has 10 nitrogen and oxygen atoms in total. The summed E-state index contributed by atoms with van der Waals surface area (Å²) in [7, 11) is 1.44. The summed E-state index contributed by atoms with van der Waals surface area (Å²) < 4.78 is 5.58. The van der Waals surface area contributed by atoms with Gasteiger partial charge in [0.2, 0.25) is 5.60 Å². The summed E-state index contributed by atoms with van der Waals surface area (Å²) >= 11 is 0. The molecule has 10 heteroatoms. The van der Waals surface area contributed by atoms with Gasteiger partial charge in [0.25, 0.3) is 5.91 Å². The van der Waals surface area contributed by atoms with Crippen LogP contribution in [-0.4, -0.2) is 62.1 Å². The number of nitrogens with one attached hydrogen (secondary N) is 1. The minimum atomic E-state index is -2.42.